The minimum atomic E-state index is -1.34. The first-order valence-electron chi connectivity index (χ1n) is 9.62. The van der Waals surface area contributed by atoms with Gasteiger partial charge in [0.1, 0.15) is 22.5 Å². The Bertz CT molecular complexity index is 1120. The second-order valence-corrected chi connectivity index (χ2v) is 7.96. The van der Waals surface area contributed by atoms with E-state index in [0.717, 1.165) is 5.57 Å². The van der Waals surface area contributed by atoms with Crippen LogP contribution in [-0.2, 0) is 10.2 Å². The van der Waals surface area contributed by atoms with E-state index in [4.69, 9.17) is 4.42 Å². The quantitative estimate of drug-likeness (QED) is 0.547. The van der Waals surface area contributed by atoms with Crippen molar-refractivity contribution >= 4 is 11.6 Å². The van der Waals surface area contributed by atoms with Gasteiger partial charge >= 0.3 is 0 Å². The Morgan fingerprint density at radius 1 is 0.966 bits per heavy atom. The molecule has 4 nitrogen and oxygen atoms in total. The summed E-state index contributed by atoms with van der Waals surface area (Å²) in [5.74, 6) is -0.209. The fourth-order valence-electron chi connectivity index (χ4n) is 4.94. The largest absolute Gasteiger partial charge is 0.459 e. The van der Waals surface area contributed by atoms with Gasteiger partial charge in [-0.25, -0.2) is 0 Å². The van der Waals surface area contributed by atoms with E-state index in [2.05, 4.69) is 19.7 Å². The van der Waals surface area contributed by atoms with Crippen LogP contribution in [0.1, 0.15) is 41.8 Å². The van der Waals surface area contributed by atoms with E-state index in [1.807, 2.05) is 30.3 Å². The number of hydrogen-bond acceptors (Lipinski definition) is 4. The number of benzene rings is 1. The molecule has 4 rings (SSSR count). The molecule has 2 aliphatic rings. The molecule has 1 aromatic carbocycles. The SMILES string of the molecule is C=CCC12CC(=C)CC(CC=C)(C1=O)c1oc(-c3ccccc3)cc(=O)c1C2=O. The number of carbonyl (C=O) groups excluding carboxylic acids is 2. The number of fused-ring (bicyclic) bond motifs is 4. The van der Waals surface area contributed by atoms with Crippen LogP contribution in [0.3, 0.4) is 0 Å². The average molecular weight is 386 g/mol. The molecular formula is C25H22O4. The second-order valence-electron chi connectivity index (χ2n) is 7.96. The highest BCUT2D eigenvalue weighted by atomic mass is 16.3. The van der Waals surface area contributed by atoms with Crippen LogP contribution < -0.4 is 5.43 Å². The number of Topliss-reactive ketones (excluding diaryl/α,β-unsaturated/α-hetero) is 2. The van der Waals surface area contributed by atoms with Crippen LogP contribution in [0.25, 0.3) is 11.3 Å². The van der Waals surface area contributed by atoms with Crippen LogP contribution in [0.15, 0.2) is 83.1 Å². The third-order valence-corrected chi connectivity index (χ3v) is 6.06. The maximum absolute atomic E-state index is 13.8. The summed E-state index contributed by atoms with van der Waals surface area (Å²) in [5, 5.41) is 0. The third-order valence-electron chi connectivity index (χ3n) is 6.06. The van der Waals surface area contributed by atoms with Crippen LogP contribution in [0.5, 0.6) is 0 Å². The Kier molecular flexibility index (Phi) is 4.38. The van der Waals surface area contributed by atoms with Crippen molar-refractivity contribution in [3.8, 4) is 11.3 Å². The maximum atomic E-state index is 13.8. The van der Waals surface area contributed by atoms with Crippen molar-refractivity contribution < 1.29 is 14.0 Å². The first kappa shape index (κ1) is 19.1. The van der Waals surface area contributed by atoms with Crippen LogP contribution in [0.4, 0.5) is 0 Å². The summed E-state index contributed by atoms with van der Waals surface area (Å²) in [6, 6.07) is 10.5. The van der Waals surface area contributed by atoms with Crippen molar-refractivity contribution in [3.63, 3.8) is 0 Å². The lowest BCUT2D eigenvalue weighted by Crippen LogP contribution is -2.59. The Morgan fingerprint density at radius 2 is 1.59 bits per heavy atom. The van der Waals surface area contributed by atoms with Crippen LogP contribution in [0, 0.1) is 5.41 Å². The van der Waals surface area contributed by atoms with Crippen molar-refractivity contribution in [2.75, 3.05) is 0 Å². The average Bonchev–Trinajstić information content (AvgIpc) is 2.70. The highest BCUT2D eigenvalue weighted by molar-refractivity contribution is 6.22. The molecule has 1 fully saturated rings. The summed E-state index contributed by atoms with van der Waals surface area (Å²) in [6.45, 7) is 11.7. The van der Waals surface area contributed by atoms with Gasteiger partial charge in [-0.1, -0.05) is 54.6 Å². The normalized spacial score (nSPS) is 25.4. The summed E-state index contributed by atoms with van der Waals surface area (Å²) in [6.07, 6.45) is 4.21. The van der Waals surface area contributed by atoms with Crippen LogP contribution in [-0.4, -0.2) is 11.6 Å². The molecule has 2 atom stereocenters. The summed E-state index contributed by atoms with van der Waals surface area (Å²) in [4.78, 5) is 40.4. The zero-order valence-corrected chi connectivity index (χ0v) is 16.2. The molecule has 2 unspecified atom stereocenters. The van der Waals surface area contributed by atoms with E-state index in [1.165, 1.54) is 6.07 Å². The number of hydrogen-bond donors (Lipinski definition) is 0. The first-order chi connectivity index (χ1) is 13.9. The van der Waals surface area contributed by atoms with Crippen molar-refractivity contribution in [3.05, 3.63) is 95.4 Å². The van der Waals surface area contributed by atoms with E-state index < -0.39 is 22.0 Å². The van der Waals surface area contributed by atoms with Crippen LogP contribution >= 0.6 is 0 Å². The second kappa shape index (κ2) is 6.66. The van der Waals surface area contributed by atoms with Gasteiger partial charge in [-0.05, 0) is 25.7 Å². The molecule has 1 aromatic heterocycles. The minimum absolute atomic E-state index is 0.0134. The Morgan fingerprint density at radius 3 is 2.24 bits per heavy atom. The standard InChI is InChI=1S/C25H22O4/c1-4-11-24-14-16(3)15-25(12-5-2,23(24)28)22-20(21(24)27)18(26)13-19(29-22)17-9-7-6-8-10-17/h4-10,13H,1-3,11-12,14-15H2. The van der Waals surface area contributed by atoms with Gasteiger partial charge in [0, 0.05) is 11.6 Å². The molecule has 2 aromatic rings. The molecule has 0 amide bonds. The van der Waals surface area contributed by atoms with E-state index in [-0.39, 0.29) is 36.4 Å². The third kappa shape index (κ3) is 2.55. The topological polar surface area (TPSA) is 64.3 Å². The van der Waals surface area contributed by atoms with Crippen molar-refractivity contribution in [2.45, 2.75) is 31.1 Å². The van der Waals surface area contributed by atoms with Gasteiger partial charge in [0.15, 0.2) is 17.0 Å². The zero-order valence-electron chi connectivity index (χ0n) is 16.2. The molecule has 2 bridgehead atoms. The highest BCUT2D eigenvalue weighted by Gasteiger charge is 2.64. The molecule has 1 saturated carbocycles. The van der Waals surface area contributed by atoms with Gasteiger partial charge in [0.25, 0.3) is 0 Å². The van der Waals surface area contributed by atoms with Gasteiger partial charge in [0.2, 0.25) is 0 Å². The lowest BCUT2D eigenvalue weighted by Gasteiger charge is -2.49. The monoisotopic (exact) mass is 386 g/mol. The number of ketones is 2. The lowest BCUT2D eigenvalue weighted by atomic mass is 9.50. The smallest absolute Gasteiger partial charge is 0.196 e. The van der Waals surface area contributed by atoms with E-state index in [0.29, 0.717) is 17.7 Å². The fraction of sp³-hybridized carbons (Fsp3) is 0.240. The van der Waals surface area contributed by atoms with Gasteiger partial charge in [-0.15, -0.1) is 13.2 Å². The highest BCUT2D eigenvalue weighted by Crippen LogP contribution is 2.56. The van der Waals surface area contributed by atoms with Gasteiger partial charge in [-0.2, -0.15) is 0 Å². The number of rotatable bonds is 5. The maximum Gasteiger partial charge on any atom is 0.196 e. The first-order valence-corrected chi connectivity index (χ1v) is 9.62. The predicted octanol–water partition coefficient (Wildman–Crippen LogP) is 4.80. The molecular weight excluding hydrogens is 364 g/mol. The van der Waals surface area contributed by atoms with Crippen molar-refractivity contribution in [1.29, 1.82) is 0 Å². The summed E-state index contributed by atoms with van der Waals surface area (Å²) in [5.41, 5.74) is -1.42. The molecule has 29 heavy (non-hydrogen) atoms. The molecule has 2 aliphatic carbocycles. The van der Waals surface area contributed by atoms with Gasteiger partial charge in [0.05, 0.1) is 5.41 Å². The summed E-state index contributed by atoms with van der Waals surface area (Å²) >= 11 is 0. The molecule has 4 heteroatoms. The molecule has 0 N–H and O–H groups in total. The zero-order chi connectivity index (χ0) is 20.8. The molecule has 0 saturated heterocycles. The van der Waals surface area contributed by atoms with E-state index >= 15 is 0 Å². The molecule has 0 radical (unpaired) electrons. The van der Waals surface area contributed by atoms with Gasteiger partial charge in [-0.3, -0.25) is 14.4 Å². The molecule has 1 heterocycles. The van der Waals surface area contributed by atoms with Crippen molar-refractivity contribution in [2.24, 2.45) is 5.41 Å². The summed E-state index contributed by atoms with van der Waals surface area (Å²) in [7, 11) is 0. The molecule has 0 spiro atoms. The van der Waals surface area contributed by atoms with Crippen molar-refractivity contribution in [1.82, 2.24) is 0 Å². The summed E-state index contributed by atoms with van der Waals surface area (Å²) < 4.78 is 6.16. The number of carbonyl (C=O) groups is 2. The Hall–Kier alpha value is -3.27. The lowest BCUT2D eigenvalue weighted by molar-refractivity contribution is -0.135. The van der Waals surface area contributed by atoms with Gasteiger partial charge < -0.3 is 4.42 Å². The Balaban J connectivity index is 2.08. The van der Waals surface area contributed by atoms with Crippen LogP contribution in [0.2, 0.25) is 0 Å². The molecule has 0 aliphatic heterocycles. The number of allylic oxidation sites excluding steroid dienone is 3. The minimum Gasteiger partial charge on any atom is -0.459 e. The fourth-order valence-corrected chi connectivity index (χ4v) is 4.94. The Labute approximate surface area is 169 Å². The van der Waals surface area contributed by atoms with E-state index in [9.17, 15) is 14.4 Å². The molecule has 146 valence electrons. The van der Waals surface area contributed by atoms with E-state index in [1.54, 1.807) is 12.2 Å². The predicted molar refractivity (Wildman–Crippen MR) is 112 cm³/mol.